The Hall–Kier alpha value is -3.13. The highest BCUT2D eigenvalue weighted by atomic mass is 32.2. The summed E-state index contributed by atoms with van der Waals surface area (Å²) in [5, 5.41) is 0. The number of hydrogen-bond acceptors (Lipinski definition) is 6. The lowest BCUT2D eigenvalue weighted by atomic mass is 10.2. The van der Waals surface area contributed by atoms with Crippen molar-refractivity contribution in [2.24, 2.45) is 0 Å². The maximum Gasteiger partial charge on any atom is 0.322 e. The molecule has 3 aromatic rings. The van der Waals surface area contributed by atoms with E-state index in [-0.39, 0.29) is 16.7 Å². The fraction of sp³-hybridized carbons (Fsp3) is 0.200. The number of nitrogens with one attached hydrogen (secondary N) is 1. The molecule has 0 aliphatic heterocycles. The van der Waals surface area contributed by atoms with Crippen molar-refractivity contribution in [2.45, 2.75) is 25.7 Å². The van der Waals surface area contributed by atoms with Crippen molar-refractivity contribution in [3.05, 3.63) is 65.5 Å². The highest BCUT2D eigenvalue weighted by molar-refractivity contribution is 7.92. The number of benzene rings is 2. The molecule has 0 bridgehead atoms. The van der Waals surface area contributed by atoms with Crippen LogP contribution in [0.4, 0.5) is 5.69 Å². The van der Waals surface area contributed by atoms with Gasteiger partial charge in [0.2, 0.25) is 0 Å². The number of methoxy groups -OCH3 is 1. The smallest absolute Gasteiger partial charge is 0.322 e. The monoisotopic (exact) mass is 399 g/mol. The molecule has 0 aliphatic carbocycles. The summed E-state index contributed by atoms with van der Waals surface area (Å²) in [7, 11) is -2.37. The van der Waals surface area contributed by atoms with Gasteiger partial charge >= 0.3 is 6.01 Å². The number of nitrogens with zero attached hydrogens (tertiary/aromatic N) is 2. The van der Waals surface area contributed by atoms with Crippen LogP contribution in [0, 0.1) is 20.8 Å². The normalized spacial score (nSPS) is 11.1. The van der Waals surface area contributed by atoms with E-state index in [2.05, 4.69) is 14.7 Å². The summed E-state index contributed by atoms with van der Waals surface area (Å²) in [6.07, 6.45) is 0. The molecule has 0 radical (unpaired) electrons. The Balaban J connectivity index is 1.79. The molecular formula is C20H21N3O4S. The Kier molecular flexibility index (Phi) is 5.51. The zero-order valence-corrected chi connectivity index (χ0v) is 16.9. The van der Waals surface area contributed by atoms with Crippen molar-refractivity contribution in [3.63, 3.8) is 0 Å². The first-order valence-electron chi connectivity index (χ1n) is 8.54. The van der Waals surface area contributed by atoms with Crippen LogP contribution in [0.5, 0.6) is 17.5 Å². The maximum absolute atomic E-state index is 12.7. The summed E-state index contributed by atoms with van der Waals surface area (Å²) >= 11 is 0. The topological polar surface area (TPSA) is 90.4 Å². The lowest BCUT2D eigenvalue weighted by Crippen LogP contribution is -2.14. The van der Waals surface area contributed by atoms with Gasteiger partial charge in [0.25, 0.3) is 10.0 Å². The highest BCUT2D eigenvalue weighted by Crippen LogP contribution is 2.28. The molecule has 0 unspecified atom stereocenters. The molecule has 3 rings (SSSR count). The summed E-state index contributed by atoms with van der Waals surface area (Å²) in [6, 6.07) is 13.6. The number of aromatic nitrogens is 2. The number of aryl methyl sites for hydroxylation is 3. The number of ether oxygens (including phenoxy) is 2. The van der Waals surface area contributed by atoms with Gasteiger partial charge in [-0.1, -0.05) is 6.07 Å². The van der Waals surface area contributed by atoms with Gasteiger partial charge in [0, 0.05) is 17.1 Å². The van der Waals surface area contributed by atoms with E-state index in [1.165, 1.54) is 7.11 Å². The largest absolute Gasteiger partial charge is 0.495 e. The highest BCUT2D eigenvalue weighted by Gasteiger charge is 2.20. The van der Waals surface area contributed by atoms with Crippen LogP contribution in [0.15, 0.2) is 53.4 Å². The first kappa shape index (κ1) is 19.6. The second-order valence-corrected chi connectivity index (χ2v) is 7.97. The minimum atomic E-state index is -3.80. The zero-order chi connectivity index (χ0) is 20.3. The van der Waals surface area contributed by atoms with E-state index in [4.69, 9.17) is 9.47 Å². The van der Waals surface area contributed by atoms with E-state index in [1.807, 2.05) is 26.8 Å². The number of rotatable bonds is 6. The van der Waals surface area contributed by atoms with Crippen LogP contribution in [-0.2, 0) is 10.0 Å². The van der Waals surface area contributed by atoms with E-state index >= 15 is 0 Å². The first-order valence-corrected chi connectivity index (χ1v) is 10.0. The Morgan fingerprint density at radius 1 is 0.893 bits per heavy atom. The van der Waals surface area contributed by atoms with Crippen LogP contribution >= 0.6 is 0 Å². The third kappa shape index (κ3) is 4.58. The maximum atomic E-state index is 12.7. The lowest BCUT2D eigenvalue weighted by Gasteiger charge is -2.13. The summed E-state index contributed by atoms with van der Waals surface area (Å²) < 4.78 is 38.9. The fourth-order valence-corrected chi connectivity index (χ4v) is 3.95. The second-order valence-electron chi connectivity index (χ2n) is 6.32. The molecule has 0 saturated heterocycles. The van der Waals surface area contributed by atoms with E-state index in [0.29, 0.717) is 11.4 Å². The molecule has 0 saturated carbocycles. The average molecular weight is 399 g/mol. The second kappa shape index (κ2) is 7.85. The van der Waals surface area contributed by atoms with Gasteiger partial charge in [-0.25, -0.2) is 18.4 Å². The van der Waals surface area contributed by atoms with Crippen LogP contribution in [0.25, 0.3) is 0 Å². The first-order chi connectivity index (χ1) is 13.3. The van der Waals surface area contributed by atoms with Crippen molar-refractivity contribution in [3.8, 4) is 17.5 Å². The molecule has 8 heteroatoms. The molecule has 2 aromatic carbocycles. The predicted molar refractivity (Wildman–Crippen MR) is 107 cm³/mol. The Labute approximate surface area is 164 Å². The van der Waals surface area contributed by atoms with Crippen molar-refractivity contribution in [1.82, 2.24) is 9.97 Å². The molecule has 1 N–H and O–H groups in total. The quantitative estimate of drug-likeness (QED) is 0.674. The van der Waals surface area contributed by atoms with Gasteiger partial charge in [0.1, 0.15) is 16.4 Å². The third-order valence-electron chi connectivity index (χ3n) is 3.89. The molecule has 0 atom stereocenters. The average Bonchev–Trinajstić information content (AvgIpc) is 2.62. The Morgan fingerprint density at radius 2 is 1.54 bits per heavy atom. The van der Waals surface area contributed by atoms with Crippen molar-refractivity contribution >= 4 is 15.7 Å². The minimum Gasteiger partial charge on any atom is -0.495 e. The molecule has 1 heterocycles. The molecule has 146 valence electrons. The van der Waals surface area contributed by atoms with Crippen molar-refractivity contribution in [1.29, 1.82) is 0 Å². The van der Waals surface area contributed by atoms with Crippen LogP contribution in [0.1, 0.15) is 17.0 Å². The van der Waals surface area contributed by atoms with Gasteiger partial charge in [-0.05, 0) is 68.8 Å². The van der Waals surface area contributed by atoms with Crippen molar-refractivity contribution < 1.29 is 17.9 Å². The van der Waals surface area contributed by atoms with E-state index in [9.17, 15) is 8.42 Å². The van der Waals surface area contributed by atoms with Gasteiger partial charge in [-0.15, -0.1) is 0 Å². The van der Waals surface area contributed by atoms with Crippen LogP contribution < -0.4 is 14.2 Å². The van der Waals surface area contributed by atoms with E-state index in [1.54, 1.807) is 42.5 Å². The molecule has 0 spiro atoms. The SMILES string of the molecule is COc1ccc(C)cc1S(=O)(=O)Nc1ccc(Oc2nc(C)cc(C)n2)cc1. The molecule has 28 heavy (non-hydrogen) atoms. The number of anilines is 1. The Morgan fingerprint density at radius 3 is 2.14 bits per heavy atom. The van der Waals surface area contributed by atoms with Gasteiger partial charge in [-0.2, -0.15) is 0 Å². The summed E-state index contributed by atoms with van der Waals surface area (Å²) in [5.74, 6) is 0.783. The van der Waals surface area contributed by atoms with Crippen molar-refractivity contribution in [2.75, 3.05) is 11.8 Å². The molecule has 7 nitrogen and oxygen atoms in total. The third-order valence-corrected chi connectivity index (χ3v) is 5.29. The number of hydrogen-bond donors (Lipinski definition) is 1. The molecule has 0 aliphatic rings. The van der Waals surface area contributed by atoms with Gasteiger partial charge in [0.15, 0.2) is 0 Å². The van der Waals surface area contributed by atoms with Gasteiger partial charge in [-0.3, -0.25) is 4.72 Å². The van der Waals surface area contributed by atoms with Gasteiger partial charge < -0.3 is 9.47 Å². The minimum absolute atomic E-state index is 0.0824. The predicted octanol–water partition coefficient (Wildman–Crippen LogP) is 4.00. The standard InChI is InChI=1S/C20H21N3O4S/c1-13-5-10-18(26-4)19(11-13)28(24,25)23-16-6-8-17(9-7-16)27-20-21-14(2)12-15(3)22-20/h5-12,23H,1-4H3. The van der Waals surface area contributed by atoms with E-state index in [0.717, 1.165) is 17.0 Å². The van der Waals surface area contributed by atoms with Crippen LogP contribution in [0.2, 0.25) is 0 Å². The molecule has 1 aromatic heterocycles. The zero-order valence-electron chi connectivity index (χ0n) is 16.1. The summed E-state index contributed by atoms with van der Waals surface area (Å²) in [5.41, 5.74) is 2.83. The molecule has 0 amide bonds. The number of sulfonamides is 1. The van der Waals surface area contributed by atoms with Crippen LogP contribution in [0.3, 0.4) is 0 Å². The summed E-state index contributed by atoms with van der Waals surface area (Å²) in [4.78, 5) is 8.52. The van der Waals surface area contributed by atoms with Gasteiger partial charge in [0.05, 0.1) is 7.11 Å². The summed E-state index contributed by atoms with van der Waals surface area (Å²) in [6.45, 7) is 5.54. The fourth-order valence-electron chi connectivity index (χ4n) is 2.64. The van der Waals surface area contributed by atoms with Crippen LogP contribution in [-0.4, -0.2) is 25.5 Å². The lowest BCUT2D eigenvalue weighted by molar-refractivity contribution is 0.402. The molecule has 0 fully saturated rings. The van der Waals surface area contributed by atoms with E-state index < -0.39 is 10.0 Å². The molecular weight excluding hydrogens is 378 g/mol. The Bertz CT molecular complexity index is 1080.